The molecule has 2 N–H and O–H groups in total. The van der Waals surface area contributed by atoms with Crippen molar-refractivity contribution in [2.75, 3.05) is 39.9 Å². The molecule has 0 aliphatic carbocycles. The molecular formula is C13H21FN2O. The van der Waals surface area contributed by atoms with Crippen molar-refractivity contribution in [3.05, 3.63) is 35.6 Å². The number of halogens is 1. The molecule has 0 radical (unpaired) electrons. The summed E-state index contributed by atoms with van der Waals surface area (Å²) in [6.07, 6.45) is 0.929. The lowest BCUT2D eigenvalue weighted by Gasteiger charge is -2.06. The third-order valence-electron chi connectivity index (χ3n) is 2.47. The summed E-state index contributed by atoms with van der Waals surface area (Å²) < 4.78 is 17.6. The Bertz CT molecular complexity index is 290. The molecule has 0 aromatic heterocycles. The van der Waals surface area contributed by atoms with Crippen LogP contribution >= 0.6 is 0 Å². The molecule has 0 bridgehead atoms. The summed E-state index contributed by atoms with van der Waals surface area (Å²) in [5, 5.41) is 6.58. The zero-order chi connectivity index (χ0) is 12.3. The SMILES string of the molecule is COCCNCCNCCc1ccc(F)cc1. The average Bonchev–Trinajstić information content (AvgIpc) is 2.35. The van der Waals surface area contributed by atoms with Crippen molar-refractivity contribution < 1.29 is 9.13 Å². The van der Waals surface area contributed by atoms with Gasteiger partial charge in [0.05, 0.1) is 6.61 Å². The zero-order valence-corrected chi connectivity index (χ0v) is 10.3. The lowest BCUT2D eigenvalue weighted by atomic mass is 10.1. The predicted octanol–water partition coefficient (Wildman–Crippen LogP) is 1.19. The van der Waals surface area contributed by atoms with Crippen LogP contribution in [0.15, 0.2) is 24.3 Å². The maximum atomic E-state index is 12.6. The molecule has 0 saturated heterocycles. The number of rotatable bonds is 9. The molecular weight excluding hydrogens is 219 g/mol. The van der Waals surface area contributed by atoms with Gasteiger partial charge in [0.2, 0.25) is 0 Å². The summed E-state index contributed by atoms with van der Waals surface area (Å²) in [5.74, 6) is -0.177. The fourth-order valence-corrected chi connectivity index (χ4v) is 1.48. The van der Waals surface area contributed by atoms with E-state index < -0.39 is 0 Å². The summed E-state index contributed by atoms with van der Waals surface area (Å²) in [7, 11) is 1.70. The van der Waals surface area contributed by atoms with Gasteiger partial charge in [-0.3, -0.25) is 0 Å². The van der Waals surface area contributed by atoms with E-state index in [1.54, 1.807) is 7.11 Å². The molecule has 17 heavy (non-hydrogen) atoms. The Kier molecular flexibility index (Phi) is 7.54. The van der Waals surface area contributed by atoms with Gasteiger partial charge < -0.3 is 15.4 Å². The lowest BCUT2D eigenvalue weighted by Crippen LogP contribution is -2.30. The summed E-state index contributed by atoms with van der Waals surface area (Å²) in [4.78, 5) is 0. The third-order valence-corrected chi connectivity index (χ3v) is 2.47. The van der Waals surface area contributed by atoms with Crippen LogP contribution in [0.1, 0.15) is 5.56 Å². The number of benzene rings is 1. The number of hydrogen-bond acceptors (Lipinski definition) is 3. The van der Waals surface area contributed by atoms with Gasteiger partial charge >= 0.3 is 0 Å². The Labute approximate surface area is 102 Å². The first-order valence-electron chi connectivity index (χ1n) is 5.98. The maximum Gasteiger partial charge on any atom is 0.123 e. The molecule has 3 nitrogen and oxygen atoms in total. The van der Waals surface area contributed by atoms with Gasteiger partial charge in [0.25, 0.3) is 0 Å². The van der Waals surface area contributed by atoms with Crippen molar-refractivity contribution in [3.8, 4) is 0 Å². The lowest BCUT2D eigenvalue weighted by molar-refractivity contribution is 0.199. The Hall–Kier alpha value is -0.970. The minimum atomic E-state index is -0.177. The van der Waals surface area contributed by atoms with Gasteiger partial charge in [-0.25, -0.2) is 4.39 Å². The Morgan fingerprint density at radius 2 is 1.65 bits per heavy atom. The molecule has 1 rings (SSSR count). The number of hydrogen-bond donors (Lipinski definition) is 2. The van der Waals surface area contributed by atoms with E-state index in [4.69, 9.17) is 4.74 Å². The number of ether oxygens (including phenoxy) is 1. The third kappa shape index (κ3) is 7.05. The molecule has 0 atom stereocenters. The van der Waals surface area contributed by atoms with Crippen LogP contribution in [0.4, 0.5) is 4.39 Å². The van der Waals surface area contributed by atoms with Gasteiger partial charge in [0.1, 0.15) is 5.82 Å². The van der Waals surface area contributed by atoms with Gasteiger partial charge in [-0.2, -0.15) is 0 Å². The first-order valence-corrected chi connectivity index (χ1v) is 5.98. The molecule has 0 aliphatic heterocycles. The van der Waals surface area contributed by atoms with E-state index in [9.17, 15) is 4.39 Å². The van der Waals surface area contributed by atoms with Crippen LogP contribution < -0.4 is 10.6 Å². The van der Waals surface area contributed by atoms with Crippen LogP contribution in [0, 0.1) is 5.82 Å². The van der Waals surface area contributed by atoms with Gasteiger partial charge in [-0.1, -0.05) is 12.1 Å². The molecule has 1 aromatic carbocycles. The van der Waals surface area contributed by atoms with Crippen molar-refractivity contribution in [1.29, 1.82) is 0 Å². The second-order valence-corrected chi connectivity index (χ2v) is 3.87. The number of methoxy groups -OCH3 is 1. The topological polar surface area (TPSA) is 33.3 Å². The Morgan fingerprint density at radius 3 is 2.29 bits per heavy atom. The highest BCUT2D eigenvalue weighted by Crippen LogP contribution is 2.02. The van der Waals surface area contributed by atoms with Crippen LogP contribution in [-0.4, -0.2) is 39.9 Å². The molecule has 0 saturated carbocycles. The first kappa shape index (κ1) is 14.1. The van der Waals surface area contributed by atoms with Crippen molar-refractivity contribution in [1.82, 2.24) is 10.6 Å². The van der Waals surface area contributed by atoms with Gasteiger partial charge in [0.15, 0.2) is 0 Å². The summed E-state index contributed by atoms with van der Waals surface area (Å²) in [6.45, 7) is 4.42. The molecule has 0 spiro atoms. The van der Waals surface area contributed by atoms with Crippen molar-refractivity contribution in [2.45, 2.75) is 6.42 Å². The highest BCUT2D eigenvalue weighted by molar-refractivity contribution is 5.16. The normalized spacial score (nSPS) is 10.7. The molecule has 0 unspecified atom stereocenters. The summed E-state index contributed by atoms with van der Waals surface area (Å²) >= 11 is 0. The largest absolute Gasteiger partial charge is 0.383 e. The van der Waals surface area contributed by atoms with E-state index in [1.165, 1.54) is 12.1 Å². The minimum absolute atomic E-state index is 0.177. The summed E-state index contributed by atoms with van der Waals surface area (Å²) in [5.41, 5.74) is 1.16. The molecule has 0 amide bonds. The average molecular weight is 240 g/mol. The van der Waals surface area contributed by atoms with Crippen LogP contribution in [0.5, 0.6) is 0 Å². The van der Waals surface area contributed by atoms with Crippen LogP contribution in [0.25, 0.3) is 0 Å². The van der Waals surface area contributed by atoms with E-state index in [0.717, 1.165) is 44.8 Å². The first-order chi connectivity index (χ1) is 8.33. The van der Waals surface area contributed by atoms with Crippen LogP contribution in [-0.2, 0) is 11.2 Å². The van der Waals surface area contributed by atoms with E-state index in [1.807, 2.05) is 12.1 Å². The van der Waals surface area contributed by atoms with Crippen LogP contribution in [0.3, 0.4) is 0 Å². The maximum absolute atomic E-state index is 12.6. The minimum Gasteiger partial charge on any atom is -0.383 e. The smallest absolute Gasteiger partial charge is 0.123 e. The van der Waals surface area contributed by atoms with Crippen molar-refractivity contribution in [3.63, 3.8) is 0 Å². The molecule has 0 aliphatic rings. The number of nitrogens with one attached hydrogen (secondary N) is 2. The fraction of sp³-hybridized carbons (Fsp3) is 0.538. The quantitative estimate of drug-likeness (QED) is 0.636. The highest BCUT2D eigenvalue weighted by atomic mass is 19.1. The van der Waals surface area contributed by atoms with Crippen molar-refractivity contribution >= 4 is 0 Å². The van der Waals surface area contributed by atoms with E-state index in [0.29, 0.717) is 0 Å². The second-order valence-electron chi connectivity index (χ2n) is 3.87. The second kappa shape index (κ2) is 9.10. The van der Waals surface area contributed by atoms with Crippen LogP contribution in [0.2, 0.25) is 0 Å². The molecule has 0 fully saturated rings. The fourth-order valence-electron chi connectivity index (χ4n) is 1.48. The van der Waals surface area contributed by atoms with Gasteiger partial charge in [-0.05, 0) is 30.7 Å². The predicted molar refractivity (Wildman–Crippen MR) is 67.7 cm³/mol. The molecule has 1 aromatic rings. The zero-order valence-electron chi connectivity index (χ0n) is 10.3. The van der Waals surface area contributed by atoms with E-state index in [2.05, 4.69) is 10.6 Å². The van der Waals surface area contributed by atoms with Gasteiger partial charge in [-0.15, -0.1) is 0 Å². The Balaban J connectivity index is 1.95. The van der Waals surface area contributed by atoms with Gasteiger partial charge in [0, 0.05) is 26.7 Å². The molecule has 4 heteroatoms. The monoisotopic (exact) mass is 240 g/mol. The summed E-state index contributed by atoms with van der Waals surface area (Å²) in [6, 6.07) is 6.66. The Morgan fingerprint density at radius 1 is 1.00 bits per heavy atom. The molecule has 96 valence electrons. The van der Waals surface area contributed by atoms with E-state index >= 15 is 0 Å². The van der Waals surface area contributed by atoms with Crippen molar-refractivity contribution in [2.24, 2.45) is 0 Å². The highest BCUT2D eigenvalue weighted by Gasteiger charge is 1.94. The standard InChI is InChI=1S/C13H21FN2O/c1-17-11-10-16-9-8-15-7-6-12-2-4-13(14)5-3-12/h2-5,15-16H,6-11H2,1H3. The molecule has 0 heterocycles. The van der Waals surface area contributed by atoms with E-state index in [-0.39, 0.29) is 5.82 Å².